The van der Waals surface area contributed by atoms with E-state index < -0.39 is 6.10 Å². The quantitative estimate of drug-likeness (QED) is 0.674. The molecule has 0 aliphatic rings. The Morgan fingerprint density at radius 1 is 1.53 bits per heavy atom. The van der Waals surface area contributed by atoms with Gasteiger partial charge in [0.05, 0.1) is 18.3 Å². The van der Waals surface area contributed by atoms with Crippen molar-refractivity contribution in [2.45, 2.75) is 38.9 Å². The third-order valence-corrected chi connectivity index (χ3v) is 2.02. The Labute approximate surface area is 101 Å². The number of nitrogens with zero attached hydrogens (tertiary/aromatic N) is 2. The average molecular weight is 243 g/mol. The highest BCUT2D eigenvalue weighted by molar-refractivity contribution is 4.78. The van der Waals surface area contributed by atoms with E-state index in [4.69, 9.17) is 4.74 Å². The molecule has 1 heterocycles. The number of ether oxygens (including phenoxy) is 1. The molecule has 1 rings (SSSR count). The summed E-state index contributed by atoms with van der Waals surface area (Å²) in [6.45, 7) is 7.41. The molecule has 0 fully saturated rings. The van der Waals surface area contributed by atoms with Gasteiger partial charge in [-0.3, -0.25) is 0 Å². The molecule has 0 bridgehead atoms. The predicted octanol–water partition coefficient (Wildman–Crippen LogP) is 0.378. The van der Waals surface area contributed by atoms with Crippen LogP contribution in [0.2, 0.25) is 0 Å². The van der Waals surface area contributed by atoms with Gasteiger partial charge in [-0.25, -0.2) is 0 Å². The van der Waals surface area contributed by atoms with Crippen molar-refractivity contribution >= 4 is 0 Å². The van der Waals surface area contributed by atoms with E-state index in [1.54, 1.807) is 0 Å². The molecule has 1 atom stereocenters. The number of hydrogen-bond donors (Lipinski definition) is 2. The molecule has 98 valence electrons. The maximum absolute atomic E-state index is 9.63. The summed E-state index contributed by atoms with van der Waals surface area (Å²) in [5.74, 6) is 0.665. The van der Waals surface area contributed by atoms with Gasteiger partial charge >= 0.3 is 0 Å². The first kappa shape index (κ1) is 14.1. The zero-order valence-corrected chi connectivity index (χ0v) is 10.6. The van der Waals surface area contributed by atoms with Crippen molar-refractivity contribution in [1.29, 1.82) is 0 Å². The second kappa shape index (κ2) is 6.68. The Bertz CT molecular complexity index is 295. The molecule has 0 aliphatic carbocycles. The third-order valence-electron chi connectivity index (χ3n) is 2.02. The minimum Gasteiger partial charge on any atom is -0.389 e. The number of aromatic nitrogens is 2. The lowest BCUT2D eigenvalue weighted by Gasteiger charge is -2.22. The third kappa shape index (κ3) is 7.04. The second-order valence-electron chi connectivity index (χ2n) is 4.88. The fourth-order valence-corrected chi connectivity index (χ4v) is 1.18. The van der Waals surface area contributed by atoms with E-state index in [1.165, 1.54) is 6.39 Å². The van der Waals surface area contributed by atoms with Crippen LogP contribution < -0.4 is 5.32 Å². The van der Waals surface area contributed by atoms with Gasteiger partial charge in [-0.1, -0.05) is 5.16 Å². The molecule has 0 saturated heterocycles. The maximum atomic E-state index is 9.63. The maximum Gasteiger partial charge on any atom is 0.213 e. The number of aliphatic hydroxyl groups is 1. The van der Waals surface area contributed by atoms with Gasteiger partial charge in [0.1, 0.15) is 0 Å². The van der Waals surface area contributed by atoms with E-state index in [0.717, 1.165) is 0 Å². The summed E-state index contributed by atoms with van der Waals surface area (Å²) in [6.07, 6.45) is 1.49. The fraction of sp³-hybridized carbons (Fsp3) is 0.818. The molecule has 1 unspecified atom stereocenters. The molecule has 2 N–H and O–H groups in total. The summed E-state index contributed by atoms with van der Waals surface area (Å²) < 4.78 is 10.1. The normalized spacial score (nSPS) is 13.9. The lowest BCUT2D eigenvalue weighted by atomic mass is 10.2. The first-order valence-electron chi connectivity index (χ1n) is 5.75. The van der Waals surface area contributed by atoms with Crippen LogP contribution >= 0.6 is 0 Å². The Balaban J connectivity index is 2.02. The van der Waals surface area contributed by atoms with Gasteiger partial charge in [0.15, 0.2) is 5.82 Å². The fourth-order valence-electron chi connectivity index (χ4n) is 1.18. The lowest BCUT2D eigenvalue weighted by Crippen LogP contribution is -2.34. The number of nitrogens with one attached hydrogen (secondary N) is 1. The molecule has 0 radical (unpaired) electrons. The van der Waals surface area contributed by atoms with Crippen molar-refractivity contribution in [2.75, 3.05) is 19.7 Å². The topological polar surface area (TPSA) is 80.4 Å². The highest BCUT2D eigenvalue weighted by Gasteiger charge is 2.13. The van der Waals surface area contributed by atoms with Crippen LogP contribution in [0.3, 0.4) is 0 Å². The minimum absolute atomic E-state index is 0.217. The zero-order chi connectivity index (χ0) is 12.7. The molecule has 1 aromatic heterocycles. The van der Waals surface area contributed by atoms with Crippen molar-refractivity contribution < 1.29 is 14.4 Å². The summed E-state index contributed by atoms with van der Waals surface area (Å²) in [6, 6.07) is 0. The first-order valence-corrected chi connectivity index (χ1v) is 5.75. The lowest BCUT2D eigenvalue weighted by molar-refractivity contribution is -0.0478. The van der Waals surface area contributed by atoms with Crippen molar-refractivity contribution in [3.63, 3.8) is 0 Å². The van der Waals surface area contributed by atoms with Gasteiger partial charge in [0.25, 0.3) is 0 Å². The molecule has 1 aromatic rings. The molecule has 0 aromatic carbocycles. The van der Waals surface area contributed by atoms with Gasteiger partial charge in [0.2, 0.25) is 6.39 Å². The smallest absolute Gasteiger partial charge is 0.213 e. The standard InChI is InChI=1S/C11H21N3O3/c1-11(2,3)16-7-9(15)6-12-5-4-10-13-8-17-14-10/h8-9,12,15H,4-7H2,1-3H3. The first-order chi connectivity index (χ1) is 7.97. The van der Waals surface area contributed by atoms with Crippen molar-refractivity contribution in [3.8, 4) is 0 Å². The Morgan fingerprint density at radius 3 is 2.88 bits per heavy atom. The van der Waals surface area contributed by atoms with Crippen LogP contribution in [0.25, 0.3) is 0 Å². The summed E-state index contributed by atoms with van der Waals surface area (Å²) in [7, 11) is 0. The van der Waals surface area contributed by atoms with Crippen LogP contribution in [0.1, 0.15) is 26.6 Å². The molecule has 0 amide bonds. The molecular formula is C11H21N3O3. The van der Waals surface area contributed by atoms with Gasteiger partial charge in [-0.2, -0.15) is 4.98 Å². The van der Waals surface area contributed by atoms with Crippen LogP contribution in [0, 0.1) is 0 Å². The number of aliphatic hydroxyl groups excluding tert-OH is 1. The SMILES string of the molecule is CC(C)(C)OCC(O)CNCCc1ncon1. The van der Waals surface area contributed by atoms with Crippen molar-refractivity contribution in [3.05, 3.63) is 12.2 Å². The summed E-state index contributed by atoms with van der Waals surface area (Å²) >= 11 is 0. The number of hydrogen-bond acceptors (Lipinski definition) is 6. The van der Waals surface area contributed by atoms with Crippen LogP contribution in [-0.2, 0) is 11.2 Å². The van der Waals surface area contributed by atoms with Crippen LogP contribution in [-0.4, -0.2) is 46.6 Å². The van der Waals surface area contributed by atoms with Gasteiger partial charge in [-0.15, -0.1) is 0 Å². The monoisotopic (exact) mass is 243 g/mol. The van der Waals surface area contributed by atoms with Crippen LogP contribution in [0.4, 0.5) is 0 Å². The summed E-state index contributed by atoms with van der Waals surface area (Å²) in [4.78, 5) is 3.90. The molecule has 6 nitrogen and oxygen atoms in total. The van der Waals surface area contributed by atoms with E-state index in [1.807, 2.05) is 20.8 Å². The largest absolute Gasteiger partial charge is 0.389 e. The Hall–Kier alpha value is -0.980. The summed E-state index contributed by atoms with van der Waals surface area (Å²) in [5.41, 5.74) is -0.217. The molecule has 0 spiro atoms. The molecular weight excluding hydrogens is 222 g/mol. The van der Waals surface area contributed by atoms with Gasteiger partial charge in [0, 0.05) is 19.5 Å². The van der Waals surface area contributed by atoms with E-state index in [-0.39, 0.29) is 5.60 Å². The molecule has 0 saturated carbocycles. The van der Waals surface area contributed by atoms with E-state index in [0.29, 0.717) is 31.9 Å². The highest BCUT2D eigenvalue weighted by atomic mass is 16.5. The van der Waals surface area contributed by atoms with Crippen LogP contribution in [0.5, 0.6) is 0 Å². The minimum atomic E-state index is -0.500. The van der Waals surface area contributed by atoms with Gasteiger partial charge < -0.3 is 19.7 Å². The Morgan fingerprint density at radius 2 is 2.29 bits per heavy atom. The molecule has 0 aliphatic heterocycles. The molecule has 17 heavy (non-hydrogen) atoms. The van der Waals surface area contributed by atoms with E-state index in [2.05, 4.69) is 20.0 Å². The predicted molar refractivity (Wildman–Crippen MR) is 62.6 cm³/mol. The Kier molecular flexibility index (Phi) is 5.54. The second-order valence-corrected chi connectivity index (χ2v) is 4.88. The highest BCUT2D eigenvalue weighted by Crippen LogP contribution is 2.06. The zero-order valence-electron chi connectivity index (χ0n) is 10.6. The summed E-state index contributed by atoms with van der Waals surface area (Å²) in [5, 5.41) is 16.4. The number of rotatable bonds is 7. The van der Waals surface area contributed by atoms with Crippen LogP contribution in [0.15, 0.2) is 10.9 Å². The van der Waals surface area contributed by atoms with E-state index >= 15 is 0 Å². The van der Waals surface area contributed by atoms with Crippen molar-refractivity contribution in [2.24, 2.45) is 0 Å². The average Bonchev–Trinajstić information content (AvgIpc) is 2.73. The van der Waals surface area contributed by atoms with E-state index in [9.17, 15) is 5.11 Å². The van der Waals surface area contributed by atoms with Gasteiger partial charge in [-0.05, 0) is 20.8 Å². The van der Waals surface area contributed by atoms with Crippen molar-refractivity contribution in [1.82, 2.24) is 15.5 Å². The molecule has 6 heteroatoms.